The summed E-state index contributed by atoms with van der Waals surface area (Å²) >= 11 is 0. The van der Waals surface area contributed by atoms with Gasteiger partial charge in [0.1, 0.15) is 19.6 Å². The summed E-state index contributed by atoms with van der Waals surface area (Å²) in [5.74, 6) is 1.65. The Morgan fingerprint density at radius 2 is 1.45 bits per heavy atom. The summed E-state index contributed by atoms with van der Waals surface area (Å²) in [4.78, 5) is 0. The fourth-order valence-electron chi connectivity index (χ4n) is 1.90. The van der Waals surface area contributed by atoms with Gasteiger partial charge in [-0.1, -0.05) is 54.3 Å². The molecule has 0 saturated heterocycles. The largest absolute Gasteiger partial charge is 0.497 e. The third-order valence-electron chi connectivity index (χ3n) is 3.27. The molecule has 0 aromatic heterocycles. The van der Waals surface area contributed by atoms with E-state index in [0.717, 1.165) is 11.5 Å². The lowest BCUT2D eigenvalue weighted by Gasteiger charge is -2.17. The standard InChI is InChI=1S/C17H20O2Si/c1-18-15-9-11-16(12-10-15)19-13-14-20(2,3)17-7-5-4-6-8-17/h4-14H,1-3H3/b14-13+. The molecule has 0 amide bonds. The van der Waals surface area contributed by atoms with E-state index in [-0.39, 0.29) is 0 Å². The molecule has 0 aliphatic rings. The number of methoxy groups -OCH3 is 1. The molecule has 0 atom stereocenters. The van der Waals surface area contributed by atoms with Crippen molar-refractivity contribution in [1.29, 1.82) is 0 Å². The monoisotopic (exact) mass is 284 g/mol. The van der Waals surface area contributed by atoms with E-state index in [4.69, 9.17) is 9.47 Å². The maximum atomic E-state index is 5.66. The van der Waals surface area contributed by atoms with Gasteiger partial charge in [-0.2, -0.15) is 0 Å². The first-order valence-corrected chi connectivity index (χ1v) is 9.73. The lowest BCUT2D eigenvalue weighted by molar-refractivity contribution is 0.413. The zero-order chi connectivity index (χ0) is 14.4. The van der Waals surface area contributed by atoms with Crippen molar-refractivity contribution in [2.45, 2.75) is 13.1 Å². The van der Waals surface area contributed by atoms with Crippen LogP contribution in [0.1, 0.15) is 0 Å². The van der Waals surface area contributed by atoms with Gasteiger partial charge in [0.05, 0.1) is 13.4 Å². The van der Waals surface area contributed by atoms with Crippen LogP contribution < -0.4 is 14.7 Å². The molecule has 0 bridgehead atoms. The van der Waals surface area contributed by atoms with Gasteiger partial charge in [0.15, 0.2) is 0 Å². The van der Waals surface area contributed by atoms with Crippen LogP contribution in [0.2, 0.25) is 13.1 Å². The van der Waals surface area contributed by atoms with Gasteiger partial charge < -0.3 is 9.47 Å². The second kappa shape index (κ2) is 6.44. The molecule has 104 valence electrons. The molecule has 0 spiro atoms. The van der Waals surface area contributed by atoms with Crippen molar-refractivity contribution in [3.05, 3.63) is 66.6 Å². The van der Waals surface area contributed by atoms with E-state index >= 15 is 0 Å². The zero-order valence-electron chi connectivity index (χ0n) is 12.2. The molecule has 0 radical (unpaired) electrons. The molecular formula is C17H20O2Si. The Kier molecular flexibility index (Phi) is 4.64. The minimum atomic E-state index is -1.58. The Hall–Kier alpha value is -2.00. The summed E-state index contributed by atoms with van der Waals surface area (Å²) in [5.41, 5.74) is 2.20. The molecule has 2 nitrogen and oxygen atoms in total. The first-order valence-electron chi connectivity index (χ1n) is 6.66. The van der Waals surface area contributed by atoms with Gasteiger partial charge >= 0.3 is 0 Å². The van der Waals surface area contributed by atoms with Crippen LogP contribution in [0, 0.1) is 0 Å². The summed E-state index contributed by atoms with van der Waals surface area (Å²) in [7, 11) is 0.0752. The normalized spacial score (nSPS) is 11.6. The maximum Gasteiger partial charge on any atom is 0.126 e. The fraction of sp³-hybridized carbons (Fsp3) is 0.176. The summed E-state index contributed by atoms with van der Waals surface area (Å²) in [5, 5.41) is 1.40. The van der Waals surface area contributed by atoms with E-state index in [1.165, 1.54) is 5.19 Å². The van der Waals surface area contributed by atoms with E-state index in [0.29, 0.717) is 0 Å². The first kappa shape index (κ1) is 14.4. The minimum absolute atomic E-state index is 0.819. The minimum Gasteiger partial charge on any atom is -0.497 e. The topological polar surface area (TPSA) is 18.5 Å². The Labute approximate surface area is 121 Å². The summed E-state index contributed by atoms with van der Waals surface area (Å²) in [6, 6.07) is 18.2. The highest BCUT2D eigenvalue weighted by Gasteiger charge is 2.19. The van der Waals surface area contributed by atoms with E-state index < -0.39 is 8.07 Å². The predicted octanol–water partition coefficient (Wildman–Crippen LogP) is 3.74. The number of rotatable bonds is 5. The molecule has 0 saturated carbocycles. The van der Waals surface area contributed by atoms with Crippen molar-refractivity contribution in [2.24, 2.45) is 0 Å². The molecule has 20 heavy (non-hydrogen) atoms. The van der Waals surface area contributed by atoms with Crippen LogP contribution in [-0.2, 0) is 0 Å². The number of ether oxygens (including phenoxy) is 2. The van der Waals surface area contributed by atoms with E-state index in [1.807, 2.05) is 30.3 Å². The molecule has 0 unspecified atom stereocenters. The molecule has 0 fully saturated rings. The Bertz CT molecular complexity index is 559. The number of hydrogen-bond acceptors (Lipinski definition) is 2. The second-order valence-electron chi connectivity index (χ2n) is 5.18. The fourth-order valence-corrected chi connectivity index (χ4v) is 3.55. The van der Waals surface area contributed by atoms with Gasteiger partial charge in [0, 0.05) is 0 Å². The van der Waals surface area contributed by atoms with Crippen LogP contribution in [0.3, 0.4) is 0 Å². The van der Waals surface area contributed by atoms with Gasteiger partial charge in [-0.3, -0.25) is 0 Å². The quantitative estimate of drug-likeness (QED) is 0.615. The molecular weight excluding hydrogens is 264 g/mol. The Morgan fingerprint density at radius 3 is 2.05 bits per heavy atom. The van der Waals surface area contributed by atoms with Crippen LogP contribution in [0.5, 0.6) is 11.5 Å². The molecule has 0 N–H and O–H groups in total. The Morgan fingerprint density at radius 1 is 0.850 bits per heavy atom. The number of hydrogen-bond donors (Lipinski definition) is 0. The van der Waals surface area contributed by atoms with Gasteiger partial charge in [0.25, 0.3) is 0 Å². The second-order valence-corrected chi connectivity index (χ2v) is 9.54. The van der Waals surface area contributed by atoms with E-state index in [1.54, 1.807) is 13.4 Å². The van der Waals surface area contributed by atoms with Crippen molar-refractivity contribution < 1.29 is 9.47 Å². The van der Waals surface area contributed by atoms with Crippen molar-refractivity contribution >= 4 is 13.3 Å². The van der Waals surface area contributed by atoms with Gasteiger partial charge in [0.2, 0.25) is 0 Å². The molecule has 2 aromatic carbocycles. The highest BCUT2D eigenvalue weighted by molar-refractivity contribution is 6.93. The SMILES string of the molecule is COc1ccc(O/C=C/[Si](C)(C)c2ccccc2)cc1. The van der Waals surface area contributed by atoms with Crippen LogP contribution in [0.25, 0.3) is 0 Å². The predicted molar refractivity (Wildman–Crippen MR) is 86.3 cm³/mol. The maximum absolute atomic E-state index is 5.66. The number of benzene rings is 2. The summed E-state index contributed by atoms with van der Waals surface area (Å²) < 4.78 is 10.8. The van der Waals surface area contributed by atoms with Crippen molar-refractivity contribution in [3.8, 4) is 11.5 Å². The highest BCUT2D eigenvalue weighted by atomic mass is 28.3. The van der Waals surface area contributed by atoms with Crippen molar-refractivity contribution in [2.75, 3.05) is 7.11 Å². The van der Waals surface area contributed by atoms with Gasteiger partial charge in [-0.05, 0) is 24.3 Å². The van der Waals surface area contributed by atoms with Crippen LogP contribution in [-0.4, -0.2) is 15.2 Å². The van der Waals surface area contributed by atoms with E-state index in [2.05, 4.69) is 43.1 Å². The zero-order valence-corrected chi connectivity index (χ0v) is 13.2. The molecule has 2 aromatic rings. The third kappa shape index (κ3) is 3.74. The lowest BCUT2D eigenvalue weighted by Crippen LogP contribution is -2.39. The molecule has 0 heterocycles. The van der Waals surface area contributed by atoms with Gasteiger partial charge in [-0.15, -0.1) is 0 Å². The van der Waals surface area contributed by atoms with Crippen LogP contribution in [0.15, 0.2) is 66.6 Å². The molecule has 0 aliphatic heterocycles. The van der Waals surface area contributed by atoms with Gasteiger partial charge in [-0.25, -0.2) is 0 Å². The van der Waals surface area contributed by atoms with E-state index in [9.17, 15) is 0 Å². The van der Waals surface area contributed by atoms with Crippen LogP contribution in [0.4, 0.5) is 0 Å². The molecule has 2 rings (SSSR count). The van der Waals surface area contributed by atoms with Crippen LogP contribution >= 0.6 is 0 Å². The average Bonchev–Trinajstić information content (AvgIpc) is 2.49. The summed E-state index contributed by atoms with van der Waals surface area (Å²) in [6.07, 6.45) is 1.81. The average molecular weight is 284 g/mol. The smallest absolute Gasteiger partial charge is 0.126 e. The summed E-state index contributed by atoms with van der Waals surface area (Å²) in [6.45, 7) is 4.60. The lowest BCUT2D eigenvalue weighted by atomic mass is 10.3. The molecule has 0 aliphatic carbocycles. The van der Waals surface area contributed by atoms with Crippen molar-refractivity contribution in [3.63, 3.8) is 0 Å². The molecule has 3 heteroatoms. The first-order chi connectivity index (χ1) is 9.62. The highest BCUT2D eigenvalue weighted by Crippen LogP contribution is 2.17. The third-order valence-corrected chi connectivity index (χ3v) is 6.06. The Balaban J connectivity index is 2.01. The van der Waals surface area contributed by atoms with Crippen molar-refractivity contribution in [1.82, 2.24) is 0 Å².